The second kappa shape index (κ2) is 5.68. The van der Waals surface area contributed by atoms with E-state index in [0.29, 0.717) is 6.54 Å². The van der Waals surface area contributed by atoms with E-state index in [2.05, 4.69) is 32.0 Å². The van der Waals surface area contributed by atoms with Gasteiger partial charge in [0.05, 0.1) is 5.69 Å². The van der Waals surface area contributed by atoms with Crippen LogP contribution in [0.15, 0.2) is 41.8 Å². The van der Waals surface area contributed by atoms with Gasteiger partial charge in [-0.05, 0) is 23.6 Å². The number of sulfone groups is 1. The Hall–Kier alpha value is -2.25. The van der Waals surface area contributed by atoms with Crippen LogP contribution in [0.25, 0.3) is 10.9 Å². The number of H-pyrrole nitrogens is 1. The number of aromatic amines is 1. The maximum Gasteiger partial charge on any atom is 0.247 e. The number of para-hydroxylation sites is 1. The minimum absolute atomic E-state index is 0.0878. The maximum atomic E-state index is 11.7. The van der Waals surface area contributed by atoms with E-state index >= 15 is 0 Å². The first-order chi connectivity index (χ1) is 11.5. The Labute approximate surface area is 140 Å². The van der Waals surface area contributed by atoms with E-state index in [9.17, 15) is 8.42 Å². The summed E-state index contributed by atoms with van der Waals surface area (Å²) in [6, 6.07) is 8.24. The molecule has 0 amide bonds. The molecule has 1 N–H and O–H groups in total. The largest absolute Gasteiger partial charge is 0.361 e. The van der Waals surface area contributed by atoms with Crippen molar-refractivity contribution in [2.75, 3.05) is 12.8 Å². The predicted octanol–water partition coefficient (Wildman–Crippen LogP) is 1.92. The highest BCUT2D eigenvalue weighted by Crippen LogP contribution is 2.23. The third kappa shape index (κ3) is 2.81. The molecule has 0 fully saturated rings. The van der Waals surface area contributed by atoms with Crippen LogP contribution in [-0.2, 0) is 29.3 Å². The van der Waals surface area contributed by atoms with Gasteiger partial charge >= 0.3 is 0 Å². The van der Waals surface area contributed by atoms with Gasteiger partial charge in [0.25, 0.3) is 0 Å². The van der Waals surface area contributed by atoms with Crippen LogP contribution >= 0.6 is 0 Å². The number of hydrogen-bond donors (Lipinski definition) is 1. The Morgan fingerprint density at radius 3 is 2.96 bits per heavy atom. The minimum atomic E-state index is -3.38. The lowest BCUT2D eigenvalue weighted by Gasteiger charge is -2.27. The molecule has 0 saturated heterocycles. The smallest absolute Gasteiger partial charge is 0.247 e. The average Bonchev–Trinajstić information content (AvgIpc) is 2.97. The van der Waals surface area contributed by atoms with Crippen LogP contribution in [0, 0.1) is 0 Å². The normalized spacial score (nSPS) is 15.5. The molecule has 7 heteroatoms. The molecule has 0 radical (unpaired) electrons. The van der Waals surface area contributed by atoms with Crippen molar-refractivity contribution in [3.05, 3.63) is 53.5 Å². The lowest BCUT2D eigenvalue weighted by atomic mass is 10.1. The van der Waals surface area contributed by atoms with E-state index < -0.39 is 9.84 Å². The van der Waals surface area contributed by atoms with Crippen LogP contribution in [0.3, 0.4) is 0 Å². The number of nitrogens with one attached hydrogen (secondary N) is 1. The molecule has 3 heterocycles. The first kappa shape index (κ1) is 15.3. The summed E-state index contributed by atoms with van der Waals surface area (Å²) >= 11 is 0. The molecule has 1 aromatic carbocycles. The fourth-order valence-electron chi connectivity index (χ4n) is 3.16. The Balaban J connectivity index is 1.60. The number of rotatable bonds is 3. The lowest BCUT2D eigenvalue weighted by Crippen LogP contribution is -2.31. The molecular formula is C17H18N4O2S. The summed E-state index contributed by atoms with van der Waals surface area (Å²) in [5.41, 5.74) is 4.23. The van der Waals surface area contributed by atoms with Crippen LogP contribution in [-0.4, -0.2) is 41.1 Å². The van der Waals surface area contributed by atoms with Crippen molar-refractivity contribution in [1.29, 1.82) is 0 Å². The summed E-state index contributed by atoms with van der Waals surface area (Å²) < 4.78 is 23.3. The first-order valence-electron chi connectivity index (χ1n) is 7.83. The second-order valence-corrected chi connectivity index (χ2v) is 8.13. The van der Waals surface area contributed by atoms with Crippen LogP contribution in [0.2, 0.25) is 0 Å². The van der Waals surface area contributed by atoms with Gasteiger partial charge in [0.15, 0.2) is 0 Å². The van der Waals surface area contributed by atoms with Crippen LogP contribution in [0.1, 0.15) is 16.8 Å². The summed E-state index contributed by atoms with van der Waals surface area (Å²) in [5.74, 6) is 0. The first-order valence-corrected chi connectivity index (χ1v) is 9.72. The molecule has 0 aliphatic carbocycles. The quantitative estimate of drug-likeness (QED) is 0.736. The molecule has 0 bridgehead atoms. The third-order valence-electron chi connectivity index (χ3n) is 4.40. The number of fused-ring (bicyclic) bond motifs is 2. The molecule has 6 nitrogen and oxygen atoms in total. The molecule has 0 atom stereocenters. The molecule has 4 rings (SSSR count). The number of hydrogen-bond acceptors (Lipinski definition) is 5. The van der Waals surface area contributed by atoms with E-state index in [4.69, 9.17) is 0 Å². The molecule has 3 aromatic rings. The Bertz CT molecular complexity index is 1010. The van der Waals surface area contributed by atoms with E-state index in [1.807, 2.05) is 18.3 Å². The van der Waals surface area contributed by atoms with Crippen molar-refractivity contribution in [3.8, 4) is 0 Å². The van der Waals surface area contributed by atoms with Gasteiger partial charge in [-0.2, -0.15) is 0 Å². The maximum absolute atomic E-state index is 11.7. The average molecular weight is 342 g/mol. The number of aromatic nitrogens is 3. The van der Waals surface area contributed by atoms with Crippen molar-refractivity contribution < 1.29 is 8.42 Å². The standard InChI is InChI=1S/C17H18N4O2S/c1-24(22,23)17-19-8-12-6-7-21(11-16(12)20-17)10-13-9-18-15-5-3-2-4-14(13)15/h2-5,8-9,18H,6-7,10-11H2,1H3. The van der Waals surface area contributed by atoms with Crippen molar-refractivity contribution in [3.63, 3.8) is 0 Å². The SMILES string of the molecule is CS(=O)(=O)c1ncc2c(n1)CN(Cc1c[nH]c3ccccc13)CC2. The summed E-state index contributed by atoms with van der Waals surface area (Å²) in [4.78, 5) is 13.8. The monoisotopic (exact) mass is 342 g/mol. The van der Waals surface area contributed by atoms with Crippen molar-refractivity contribution >= 4 is 20.7 Å². The highest BCUT2D eigenvalue weighted by molar-refractivity contribution is 7.90. The van der Waals surface area contributed by atoms with Gasteiger partial charge in [0.2, 0.25) is 15.0 Å². The van der Waals surface area contributed by atoms with Crippen LogP contribution < -0.4 is 0 Å². The second-order valence-electron chi connectivity index (χ2n) is 6.22. The molecule has 124 valence electrons. The Kier molecular flexibility index (Phi) is 3.62. The number of nitrogens with zero attached hydrogens (tertiary/aromatic N) is 3. The van der Waals surface area contributed by atoms with Gasteiger partial charge < -0.3 is 4.98 Å². The van der Waals surface area contributed by atoms with Crippen LogP contribution in [0.5, 0.6) is 0 Å². The molecule has 2 aromatic heterocycles. The zero-order valence-corrected chi connectivity index (χ0v) is 14.2. The van der Waals surface area contributed by atoms with Gasteiger partial charge in [0.1, 0.15) is 0 Å². The topological polar surface area (TPSA) is 79.0 Å². The summed E-state index contributed by atoms with van der Waals surface area (Å²) in [6.07, 6.45) is 5.67. The summed E-state index contributed by atoms with van der Waals surface area (Å²) in [5, 5.41) is 1.14. The number of benzene rings is 1. The van der Waals surface area contributed by atoms with Gasteiger partial charge in [0, 0.05) is 49.2 Å². The minimum Gasteiger partial charge on any atom is -0.361 e. The molecule has 1 aliphatic rings. The summed E-state index contributed by atoms with van der Waals surface area (Å²) in [7, 11) is -3.38. The lowest BCUT2D eigenvalue weighted by molar-refractivity contribution is 0.241. The Morgan fingerprint density at radius 2 is 2.12 bits per heavy atom. The van der Waals surface area contributed by atoms with Gasteiger partial charge in [-0.25, -0.2) is 18.4 Å². The third-order valence-corrected chi connectivity index (χ3v) is 5.26. The van der Waals surface area contributed by atoms with E-state index in [0.717, 1.165) is 42.5 Å². The highest BCUT2D eigenvalue weighted by Gasteiger charge is 2.21. The summed E-state index contributed by atoms with van der Waals surface area (Å²) in [6.45, 7) is 2.36. The van der Waals surface area contributed by atoms with Gasteiger partial charge in [-0.3, -0.25) is 4.90 Å². The molecule has 1 aliphatic heterocycles. The van der Waals surface area contributed by atoms with Gasteiger partial charge in [-0.15, -0.1) is 0 Å². The highest BCUT2D eigenvalue weighted by atomic mass is 32.2. The molecule has 24 heavy (non-hydrogen) atoms. The fourth-order valence-corrected chi connectivity index (χ4v) is 3.68. The zero-order valence-electron chi connectivity index (χ0n) is 13.4. The van der Waals surface area contributed by atoms with E-state index in [1.165, 1.54) is 10.9 Å². The zero-order chi connectivity index (χ0) is 16.7. The van der Waals surface area contributed by atoms with Crippen LogP contribution in [0.4, 0.5) is 0 Å². The predicted molar refractivity (Wildman–Crippen MR) is 91.3 cm³/mol. The van der Waals surface area contributed by atoms with Crippen molar-refractivity contribution in [2.45, 2.75) is 24.7 Å². The van der Waals surface area contributed by atoms with Gasteiger partial charge in [-0.1, -0.05) is 18.2 Å². The molecular weight excluding hydrogens is 324 g/mol. The van der Waals surface area contributed by atoms with Crippen molar-refractivity contribution in [1.82, 2.24) is 19.9 Å². The molecule has 0 spiro atoms. The molecule has 0 saturated carbocycles. The van der Waals surface area contributed by atoms with E-state index in [1.54, 1.807) is 6.20 Å². The Morgan fingerprint density at radius 1 is 1.29 bits per heavy atom. The molecule has 0 unspecified atom stereocenters. The fraction of sp³-hybridized carbons (Fsp3) is 0.294. The van der Waals surface area contributed by atoms with E-state index in [-0.39, 0.29) is 5.16 Å². The van der Waals surface area contributed by atoms with Crippen molar-refractivity contribution in [2.24, 2.45) is 0 Å².